The lowest BCUT2D eigenvalue weighted by atomic mass is 10.0. The van der Waals surface area contributed by atoms with Crippen LogP contribution in [0.25, 0.3) is 0 Å². The molecule has 8 nitrogen and oxygen atoms in total. The zero-order valence-electron chi connectivity index (χ0n) is 12.9. The number of benzene rings is 1. The summed E-state index contributed by atoms with van der Waals surface area (Å²) in [5.41, 5.74) is 2.43. The first kappa shape index (κ1) is 14.7. The van der Waals surface area contributed by atoms with E-state index in [1.165, 1.54) is 15.0 Å². The van der Waals surface area contributed by atoms with Gasteiger partial charge in [0.05, 0.1) is 13.1 Å². The van der Waals surface area contributed by atoms with Crippen LogP contribution in [-0.2, 0) is 30.7 Å². The zero-order valence-corrected chi connectivity index (χ0v) is 12.9. The van der Waals surface area contributed by atoms with Crippen LogP contribution in [0.5, 0.6) is 0 Å². The van der Waals surface area contributed by atoms with Crippen LogP contribution in [-0.4, -0.2) is 42.7 Å². The Hall–Kier alpha value is -2.90. The van der Waals surface area contributed by atoms with E-state index < -0.39 is 17.7 Å². The van der Waals surface area contributed by atoms with Gasteiger partial charge in [0.25, 0.3) is 5.91 Å². The molecule has 24 heavy (non-hydrogen) atoms. The number of aliphatic carboxylic acids is 1. The Balaban J connectivity index is 1.69. The Morgan fingerprint density at radius 1 is 1.25 bits per heavy atom. The minimum atomic E-state index is -1.14. The van der Waals surface area contributed by atoms with Crippen LogP contribution in [0.15, 0.2) is 23.0 Å². The average Bonchev–Trinajstić information content (AvgIpc) is 3.19. The Morgan fingerprint density at radius 3 is 2.83 bits per heavy atom. The standard InChI is InChI=1S/C16H16N4O4/c21-14(11-5-4-9-2-1-3-10(9)6-11)19-8-13-17-18-16(24)20(13)7-12(19)15(22)23/h4-6,12H,1-3,7-8H2,(H,18,24)(H,22,23). The van der Waals surface area contributed by atoms with Gasteiger partial charge in [0.2, 0.25) is 0 Å². The summed E-state index contributed by atoms with van der Waals surface area (Å²) in [7, 11) is 0. The number of fused-ring (bicyclic) bond motifs is 2. The van der Waals surface area contributed by atoms with Crippen LogP contribution in [0.4, 0.5) is 0 Å². The third-order valence-electron chi connectivity index (χ3n) is 4.77. The minimum Gasteiger partial charge on any atom is -0.480 e. The van der Waals surface area contributed by atoms with Crippen LogP contribution >= 0.6 is 0 Å². The summed E-state index contributed by atoms with van der Waals surface area (Å²) in [6, 6.07) is 4.46. The lowest BCUT2D eigenvalue weighted by Crippen LogP contribution is -2.52. The molecule has 2 aromatic rings. The second-order valence-corrected chi connectivity index (χ2v) is 6.18. The molecule has 1 unspecified atom stereocenters. The van der Waals surface area contributed by atoms with Crippen molar-refractivity contribution in [3.63, 3.8) is 0 Å². The Morgan fingerprint density at radius 2 is 2.04 bits per heavy atom. The molecule has 0 bridgehead atoms. The van der Waals surface area contributed by atoms with Crippen molar-refractivity contribution in [2.24, 2.45) is 0 Å². The summed E-state index contributed by atoms with van der Waals surface area (Å²) in [4.78, 5) is 37.4. The molecule has 0 saturated heterocycles. The van der Waals surface area contributed by atoms with Crippen LogP contribution in [0.2, 0.25) is 0 Å². The van der Waals surface area contributed by atoms with Crippen LogP contribution in [0, 0.1) is 0 Å². The number of carbonyl (C=O) groups is 2. The highest BCUT2D eigenvalue weighted by atomic mass is 16.4. The number of H-pyrrole nitrogens is 1. The quantitative estimate of drug-likeness (QED) is 0.817. The first-order valence-corrected chi connectivity index (χ1v) is 7.84. The molecule has 2 aliphatic rings. The number of nitrogens with one attached hydrogen (secondary N) is 1. The van der Waals surface area contributed by atoms with E-state index >= 15 is 0 Å². The predicted molar refractivity (Wildman–Crippen MR) is 82.6 cm³/mol. The molecule has 1 atom stereocenters. The van der Waals surface area contributed by atoms with Crippen molar-refractivity contribution in [1.29, 1.82) is 0 Å². The van der Waals surface area contributed by atoms with Crippen molar-refractivity contribution >= 4 is 11.9 Å². The molecular weight excluding hydrogens is 312 g/mol. The second-order valence-electron chi connectivity index (χ2n) is 6.18. The Labute approximate surface area is 136 Å². The minimum absolute atomic E-state index is 0.00831. The number of rotatable bonds is 2. The number of nitrogens with zero attached hydrogens (tertiary/aromatic N) is 3. The number of carboxylic acid groups (broad SMARTS) is 1. The fourth-order valence-electron chi connectivity index (χ4n) is 3.49. The molecule has 0 spiro atoms. The average molecular weight is 328 g/mol. The van der Waals surface area contributed by atoms with Gasteiger partial charge in [-0.15, -0.1) is 0 Å². The summed E-state index contributed by atoms with van der Waals surface area (Å²) in [6.45, 7) is -0.109. The molecule has 2 N–H and O–H groups in total. The lowest BCUT2D eigenvalue weighted by Gasteiger charge is -2.32. The van der Waals surface area contributed by atoms with Gasteiger partial charge in [-0.1, -0.05) is 6.07 Å². The normalized spacial score (nSPS) is 19.0. The van der Waals surface area contributed by atoms with E-state index in [0.717, 1.165) is 24.8 Å². The van der Waals surface area contributed by atoms with Gasteiger partial charge in [-0.3, -0.25) is 9.36 Å². The molecule has 2 heterocycles. The molecule has 124 valence electrons. The van der Waals surface area contributed by atoms with Gasteiger partial charge in [0.1, 0.15) is 6.04 Å². The Kier molecular flexibility index (Phi) is 3.26. The molecule has 1 aromatic carbocycles. The van der Waals surface area contributed by atoms with Gasteiger partial charge in [0.15, 0.2) is 5.82 Å². The fraction of sp³-hybridized carbons (Fsp3) is 0.375. The largest absolute Gasteiger partial charge is 0.480 e. The van der Waals surface area contributed by atoms with E-state index in [4.69, 9.17) is 0 Å². The number of amides is 1. The molecule has 1 aliphatic carbocycles. The van der Waals surface area contributed by atoms with E-state index in [9.17, 15) is 19.5 Å². The van der Waals surface area contributed by atoms with Crippen LogP contribution in [0.1, 0.15) is 33.7 Å². The summed E-state index contributed by atoms with van der Waals surface area (Å²) in [5.74, 6) is -1.12. The van der Waals surface area contributed by atoms with Crippen molar-refractivity contribution in [2.45, 2.75) is 38.4 Å². The first-order valence-electron chi connectivity index (χ1n) is 7.84. The van der Waals surface area contributed by atoms with Gasteiger partial charge < -0.3 is 10.0 Å². The van der Waals surface area contributed by atoms with Gasteiger partial charge in [-0.05, 0) is 42.5 Å². The molecule has 4 rings (SSSR count). The molecule has 0 saturated carbocycles. The molecule has 8 heteroatoms. The molecule has 1 aliphatic heterocycles. The third kappa shape index (κ3) is 2.22. The van der Waals surface area contributed by atoms with Crippen molar-refractivity contribution in [3.05, 3.63) is 51.2 Å². The van der Waals surface area contributed by atoms with Crippen molar-refractivity contribution in [2.75, 3.05) is 0 Å². The number of carboxylic acids is 1. The summed E-state index contributed by atoms with van der Waals surface area (Å²) in [5, 5.41) is 15.6. The van der Waals surface area contributed by atoms with Gasteiger partial charge in [0, 0.05) is 5.56 Å². The molecule has 0 radical (unpaired) electrons. The lowest BCUT2D eigenvalue weighted by molar-refractivity contribution is -0.143. The van der Waals surface area contributed by atoms with Crippen molar-refractivity contribution in [3.8, 4) is 0 Å². The topological polar surface area (TPSA) is 108 Å². The van der Waals surface area contributed by atoms with Gasteiger partial charge in [-0.25, -0.2) is 14.7 Å². The number of hydrogen-bond donors (Lipinski definition) is 2. The van der Waals surface area contributed by atoms with E-state index in [2.05, 4.69) is 10.2 Å². The number of aromatic amines is 1. The smallest absolute Gasteiger partial charge is 0.343 e. The van der Waals surface area contributed by atoms with E-state index in [1.54, 1.807) is 6.07 Å². The highest BCUT2D eigenvalue weighted by Gasteiger charge is 2.37. The van der Waals surface area contributed by atoms with Gasteiger partial charge >= 0.3 is 11.7 Å². The summed E-state index contributed by atoms with van der Waals surface area (Å²) in [6.07, 6.45) is 3.04. The molecule has 1 amide bonds. The third-order valence-corrected chi connectivity index (χ3v) is 4.77. The van der Waals surface area contributed by atoms with E-state index in [-0.39, 0.29) is 19.0 Å². The summed E-state index contributed by atoms with van der Waals surface area (Å²) < 4.78 is 1.27. The molecular formula is C16H16N4O4. The molecule has 0 fully saturated rings. The maximum atomic E-state index is 12.9. The highest BCUT2D eigenvalue weighted by Crippen LogP contribution is 2.25. The molecule has 1 aromatic heterocycles. The van der Waals surface area contributed by atoms with E-state index in [0.29, 0.717) is 11.4 Å². The summed E-state index contributed by atoms with van der Waals surface area (Å²) >= 11 is 0. The number of aryl methyl sites for hydroxylation is 2. The fourth-order valence-corrected chi connectivity index (χ4v) is 3.49. The number of carbonyl (C=O) groups excluding carboxylic acids is 1. The monoisotopic (exact) mass is 328 g/mol. The number of hydrogen-bond acceptors (Lipinski definition) is 4. The van der Waals surface area contributed by atoms with Crippen molar-refractivity contribution < 1.29 is 14.7 Å². The van der Waals surface area contributed by atoms with Crippen LogP contribution in [0.3, 0.4) is 0 Å². The Bertz CT molecular complexity index is 898. The first-order chi connectivity index (χ1) is 11.5. The van der Waals surface area contributed by atoms with E-state index in [1.807, 2.05) is 12.1 Å². The SMILES string of the molecule is O=C(O)C1Cn2c(n[nH]c2=O)CN1C(=O)c1ccc2c(c1)CCC2. The number of aromatic nitrogens is 3. The van der Waals surface area contributed by atoms with Crippen LogP contribution < -0.4 is 5.69 Å². The predicted octanol–water partition coefficient (Wildman–Crippen LogP) is 0.169. The van der Waals surface area contributed by atoms with Crippen molar-refractivity contribution in [1.82, 2.24) is 19.7 Å². The highest BCUT2D eigenvalue weighted by molar-refractivity contribution is 5.97. The maximum absolute atomic E-state index is 12.9. The zero-order chi connectivity index (χ0) is 16.8. The van der Waals surface area contributed by atoms with Gasteiger partial charge in [-0.2, -0.15) is 5.10 Å². The maximum Gasteiger partial charge on any atom is 0.343 e. The second kappa shape index (κ2) is 5.33.